The Morgan fingerprint density at radius 2 is 1.93 bits per heavy atom. The standard InChI is InChI=1S/C21H24N6O2S/c1-14-23-17(13-30-14)12-26-9-6-15(7-10-26)21(29)24-16-2-4-18(5-3-16)27-11-8-19(25-27)20(22)28/h2-5,8,11,13,15H,6-7,9-10,12H2,1H3,(H2,22,28)(H,24,29). The van der Waals surface area contributed by atoms with Gasteiger partial charge >= 0.3 is 0 Å². The van der Waals surface area contributed by atoms with Gasteiger partial charge in [-0.15, -0.1) is 11.3 Å². The zero-order valence-electron chi connectivity index (χ0n) is 16.7. The van der Waals surface area contributed by atoms with Crippen molar-refractivity contribution in [2.24, 2.45) is 11.7 Å². The quantitative estimate of drug-likeness (QED) is 0.633. The predicted octanol–water partition coefficient (Wildman–Crippen LogP) is 2.59. The minimum Gasteiger partial charge on any atom is -0.364 e. The predicted molar refractivity (Wildman–Crippen MR) is 116 cm³/mol. The maximum atomic E-state index is 12.7. The second-order valence-corrected chi connectivity index (χ2v) is 8.52. The highest BCUT2D eigenvalue weighted by atomic mass is 32.1. The lowest BCUT2D eigenvalue weighted by molar-refractivity contribution is -0.121. The molecule has 0 bridgehead atoms. The van der Waals surface area contributed by atoms with Gasteiger partial charge in [0.2, 0.25) is 5.91 Å². The van der Waals surface area contributed by atoms with Crippen LogP contribution in [0.4, 0.5) is 5.69 Å². The van der Waals surface area contributed by atoms with Gasteiger partial charge in [-0.05, 0) is 63.2 Å². The van der Waals surface area contributed by atoms with Crippen LogP contribution in [0.25, 0.3) is 5.69 Å². The summed E-state index contributed by atoms with van der Waals surface area (Å²) in [5, 5.41) is 10.3. The van der Waals surface area contributed by atoms with Crippen LogP contribution in [0, 0.1) is 12.8 Å². The molecule has 8 nitrogen and oxygen atoms in total. The van der Waals surface area contributed by atoms with E-state index in [0.717, 1.165) is 54.6 Å². The first-order valence-electron chi connectivity index (χ1n) is 9.88. The summed E-state index contributed by atoms with van der Waals surface area (Å²) >= 11 is 1.67. The molecule has 3 aromatic rings. The monoisotopic (exact) mass is 424 g/mol. The number of aryl methyl sites for hydroxylation is 1. The summed E-state index contributed by atoms with van der Waals surface area (Å²) < 4.78 is 1.57. The maximum Gasteiger partial charge on any atom is 0.269 e. The van der Waals surface area contributed by atoms with E-state index in [-0.39, 0.29) is 17.5 Å². The number of likely N-dealkylation sites (tertiary alicyclic amines) is 1. The zero-order chi connectivity index (χ0) is 21.1. The first-order valence-corrected chi connectivity index (χ1v) is 10.8. The van der Waals surface area contributed by atoms with Crippen molar-refractivity contribution in [1.29, 1.82) is 0 Å². The van der Waals surface area contributed by atoms with Crippen LogP contribution < -0.4 is 11.1 Å². The number of rotatable bonds is 6. The molecule has 1 fully saturated rings. The second-order valence-electron chi connectivity index (χ2n) is 7.45. The van der Waals surface area contributed by atoms with Gasteiger partial charge in [-0.3, -0.25) is 14.5 Å². The Morgan fingerprint density at radius 1 is 1.20 bits per heavy atom. The highest BCUT2D eigenvalue weighted by Crippen LogP contribution is 2.22. The van der Waals surface area contributed by atoms with Crippen LogP contribution in [-0.2, 0) is 11.3 Å². The molecule has 30 heavy (non-hydrogen) atoms. The van der Waals surface area contributed by atoms with E-state index < -0.39 is 5.91 Å². The van der Waals surface area contributed by atoms with Gasteiger partial charge in [0.15, 0.2) is 0 Å². The molecule has 2 aromatic heterocycles. The Hall–Kier alpha value is -3.04. The number of hydrogen-bond acceptors (Lipinski definition) is 6. The topological polar surface area (TPSA) is 106 Å². The van der Waals surface area contributed by atoms with Crippen LogP contribution in [0.2, 0.25) is 0 Å². The van der Waals surface area contributed by atoms with Gasteiger partial charge in [0.05, 0.1) is 16.4 Å². The number of carbonyl (C=O) groups excluding carboxylic acids is 2. The first-order chi connectivity index (χ1) is 14.5. The molecule has 1 aromatic carbocycles. The van der Waals surface area contributed by atoms with Crippen molar-refractivity contribution >= 4 is 28.8 Å². The van der Waals surface area contributed by atoms with Gasteiger partial charge in [-0.2, -0.15) is 5.10 Å². The van der Waals surface area contributed by atoms with E-state index in [4.69, 9.17) is 5.73 Å². The Balaban J connectivity index is 1.29. The van der Waals surface area contributed by atoms with Gasteiger partial charge in [-0.1, -0.05) is 0 Å². The summed E-state index contributed by atoms with van der Waals surface area (Å²) in [5.41, 5.74) is 8.08. The summed E-state index contributed by atoms with van der Waals surface area (Å²) in [6.07, 6.45) is 3.36. The number of nitrogens with zero attached hydrogens (tertiary/aromatic N) is 4. The molecule has 9 heteroatoms. The van der Waals surface area contributed by atoms with Crippen molar-refractivity contribution in [3.8, 4) is 5.69 Å². The van der Waals surface area contributed by atoms with Crippen LogP contribution in [-0.4, -0.2) is 44.6 Å². The van der Waals surface area contributed by atoms with E-state index in [0.29, 0.717) is 0 Å². The van der Waals surface area contributed by atoms with E-state index in [1.165, 1.54) is 0 Å². The highest BCUT2D eigenvalue weighted by molar-refractivity contribution is 7.09. The number of thiazole rings is 1. The number of benzene rings is 1. The average molecular weight is 425 g/mol. The van der Waals surface area contributed by atoms with Gasteiger partial charge in [0, 0.05) is 29.7 Å². The molecular weight excluding hydrogens is 400 g/mol. The smallest absolute Gasteiger partial charge is 0.269 e. The summed E-state index contributed by atoms with van der Waals surface area (Å²) in [6.45, 7) is 4.67. The lowest BCUT2D eigenvalue weighted by Gasteiger charge is -2.30. The largest absolute Gasteiger partial charge is 0.364 e. The number of nitrogens with two attached hydrogens (primary N) is 1. The molecule has 1 saturated heterocycles. The van der Waals surface area contributed by atoms with Crippen LogP contribution in [0.1, 0.15) is 34.0 Å². The molecule has 156 valence electrons. The molecular formula is C21H24N6O2S. The number of nitrogens with one attached hydrogen (secondary N) is 1. The fourth-order valence-electron chi connectivity index (χ4n) is 3.60. The molecule has 0 radical (unpaired) electrons. The minimum atomic E-state index is -0.564. The van der Waals surface area contributed by atoms with Crippen LogP contribution >= 0.6 is 11.3 Å². The van der Waals surface area contributed by atoms with Gasteiger partial charge < -0.3 is 11.1 Å². The Bertz CT molecular complexity index is 1030. The normalized spacial score (nSPS) is 15.2. The highest BCUT2D eigenvalue weighted by Gasteiger charge is 2.25. The number of primary amides is 1. The lowest BCUT2D eigenvalue weighted by atomic mass is 9.95. The van der Waals surface area contributed by atoms with E-state index in [1.54, 1.807) is 28.3 Å². The second kappa shape index (κ2) is 8.76. The molecule has 1 aliphatic rings. The van der Waals surface area contributed by atoms with Crippen LogP contribution in [0.5, 0.6) is 0 Å². The van der Waals surface area contributed by atoms with E-state index in [1.807, 2.05) is 31.2 Å². The molecule has 3 heterocycles. The Labute approximate surface area is 178 Å². The minimum absolute atomic E-state index is 0.0161. The van der Waals surface area contributed by atoms with E-state index in [2.05, 4.69) is 25.7 Å². The van der Waals surface area contributed by atoms with Gasteiger partial charge in [0.1, 0.15) is 5.69 Å². The Morgan fingerprint density at radius 3 is 2.53 bits per heavy atom. The van der Waals surface area contributed by atoms with Crippen molar-refractivity contribution in [2.75, 3.05) is 18.4 Å². The lowest BCUT2D eigenvalue weighted by Crippen LogP contribution is -2.37. The molecule has 0 spiro atoms. The van der Waals surface area contributed by atoms with Crippen LogP contribution in [0.15, 0.2) is 41.9 Å². The van der Waals surface area contributed by atoms with Crippen molar-refractivity contribution < 1.29 is 9.59 Å². The molecule has 4 rings (SSSR count). The van der Waals surface area contributed by atoms with Crippen molar-refractivity contribution in [3.05, 3.63) is 58.3 Å². The van der Waals surface area contributed by atoms with Crippen molar-refractivity contribution in [1.82, 2.24) is 19.7 Å². The molecule has 0 atom stereocenters. The molecule has 0 unspecified atom stereocenters. The van der Waals surface area contributed by atoms with E-state index >= 15 is 0 Å². The third-order valence-electron chi connectivity index (χ3n) is 5.25. The number of amides is 2. The molecule has 0 saturated carbocycles. The van der Waals surface area contributed by atoms with Gasteiger partial charge in [-0.25, -0.2) is 9.67 Å². The SMILES string of the molecule is Cc1nc(CN2CCC(C(=O)Nc3ccc(-n4ccc(C(N)=O)n4)cc3)CC2)cs1. The van der Waals surface area contributed by atoms with Crippen molar-refractivity contribution in [3.63, 3.8) is 0 Å². The third-order valence-corrected chi connectivity index (χ3v) is 6.07. The number of piperidine rings is 1. The number of carbonyl (C=O) groups is 2. The number of aromatic nitrogens is 3. The van der Waals surface area contributed by atoms with Crippen LogP contribution in [0.3, 0.4) is 0 Å². The van der Waals surface area contributed by atoms with E-state index in [9.17, 15) is 9.59 Å². The third kappa shape index (κ3) is 4.74. The fraction of sp³-hybridized carbons (Fsp3) is 0.333. The molecule has 3 N–H and O–H groups in total. The van der Waals surface area contributed by atoms with Gasteiger partial charge in [0.25, 0.3) is 5.91 Å². The maximum absolute atomic E-state index is 12.7. The van der Waals surface area contributed by atoms with Crippen molar-refractivity contribution in [2.45, 2.75) is 26.3 Å². The summed E-state index contributed by atoms with van der Waals surface area (Å²) in [5.74, 6) is -0.491. The molecule has 1 aliphatic heterocycles. The average Bonchev–Trinajstić information content (AvgIpc) is 3.38. The summed E-state index contributed by atoms with van der Waals surface area (Å²) in [7, 11) is 0. The summed E-state index contributed by atoms with van der Waals surface area (Å²) in [6, 6.07) is 8.91. The molecule has 0 aliphatic carbocycles. The number of anilines is 1. The first kappa shape index (κ1) is 20.2. The fourth-order valence-corrected chi connectivity index (χ4v) is 4.21. The number of hydrogen-bond donors (Lipinski definition) is 2. The summed E-state index contributed by atoms with van der Waals surface area (Å²) in [4.78, 5) is 30.7. The Kier molecular flexibility index (Phi) is 5.91. The molecule has 2 amide bonds. The zero-order valence-corrected chi connectivity index (χ0v) is 17.6.